The van der Waals surface area contributed by atoms with E-state index in [0.717, 1.165) is 0 Å². The lowest BCUT2D eigenvalue weighted by atomic mass is 9.92. The molecule has 0 aliphatic carbocycles. The molecule has 12 heteroatoms. The summed E-state index contributed by atoms with van der Waals surface area (Å²) in [7, 11) is 6.64. The molecule has 0 aromatic heterocycles. The maximum absolute atomic E-state index is 6.04. The summed E-state index contributed by atoms with van der Waals surface area (Å²) in [6, 6.07) is 0. The molecule has 0 fully saturated rings. The van der Waals surface area contributed by atoms with Crippen LogP contribution in [0, 0.1) is 5.41 Å². The van der Waals surface area contributed by atoms with Gasteiger partial charge in [-0.15, -0.1) is 0 Å². The second kappa shape index (κ2) is 28.3. The zero-order valence-corrected chi connectivity index (χ0v) is 27.0. The average Bonchev–Trinajstić information content (AvgIpc) is 2.99. The van der Waals surface area contributed by atoms with Gasteiger partial charge in [0.25, 0.3) is 0 Å². The van der Waals surface area contributed by atoms with Gasteiger partial charge in [0.1, 0.15) is 0 Å². The minimum Gasteiger partial charge on any atom is -0.379 e. The van der Waals surface area contributed by atoms with E-state index in [1.165, 1.54) is 0 Å². The molecule has 0 aromatic carbocycles. The molecule has 0 rings (SSSR count). The van der Waals surface area contributed by atoms with E-state index >= 15 is 0 Å². The Kier molecular flexibility index (Phi) is 28.0. The first-order valence-electron chi connectivity index (χ1n) is 14.6. The Labute approximate surface area is 248 Å². The highest BCUT2D eigenvalue weighted by molar-refractivity contribution is 4.79. The van der Waals surface area contributed by atoms with Crippen LogP contribution >= 0.6 is 0 Å². The van der Waals surface area contributed by atoms with E-state index in [2.05, 4.69) is 0 Å². The topological polar surface area (TPSA) is 111 Å². The molecule has 0 spiro atoms. The Morgan fingerprint density at radius 1 is 0.341 bits per heavy atom. The Hall–Kier alpha value is -0.480. The molecule has 4 unspecified atom stereocenters. The molecule has 0 heterocycles. The second-order valence-electron chi connectivity index (χ2n) is 10.2. The van der Waals surface area contributed by atoms with Crippen LogP contribution in [0.2, 0.25) is 0 Å². The molecule has 248 valence electrons. The predicted octanol–water partition coefficient (Wildman–Crippen LogP) is 2.25. The van der Waals surface area contributed by atoms with Crippen LogP contribution in [0.25, 0.3) is 0 Å². The summed E-state index contributed by atoms with van der Waals surface area (Å²) in [4.78, 5) is 0. The Morgan fingerprint density at radius 3 is 0.732 bits per heavy atom. The number of rotatable bonds is 32. The Morgan fingerprint density at radius 2 is 0.537 bits per heavy atom. The van der Waals surface area contributed by atoms with Crippen LogP contribution < -0.4 is 0 Å². The molecule has 4 atom stereocenters. The average molecular weight is 601 g/mol. The van der Waals surface area contributed by atoms with Gasteiger partial charge in [-0.25, -0.2) is 0 Å². The second-order valence-corrected chi connectivity index (χ2v) is 10.2. The Balaban J connectivity index is 5.00. The number of hydrogen-bond acceptors (Lipinski definition) is 12. The maximum Gasteiger partial charge on any atom is 0.0776 e. The molecule has 0 saturated carbocycles. The molecule has 0 aromatic rings. The first-order chi connectivity index (χ1) is 19.8. The van der Waals surface area contributed by atoms with Crippen molar-refractivity contribution in [2.45, 2.75) is 52.1 Å². The molecule has 0 N–H and O–H groups in total. The van der Waals surface area contributed by atoms with Crippen molar-refractivity contribution >= 4 is 0 Å². The predicted molar refractivity (Wildman–Crippen MR) is 155 cm³/mol. The number of hydrogen-bond donors (Lipinski definition) is 0. The monoisotopic (exact) mass is 600 g/mol. The summed E-state index contributed by atoms with van der Waals surface area (Å²) >= 11 is 0. The lowest BCUT2D eigenvalue weighted by Crippen LogP contribution is -2.43. The van der Waals surface area contributed by atoms with Gasteiger partial charge in [-0.3, -0.25) is 0 Å². The summed E-state index contributed by atoms with van der Waals surface area (Å²) in [6.45, 7) is 14.8. The summed E-state index contributed by atoms with van der Waals surface area (Å²) in [5, 5.41) is 0. The van der Waals surface area contributed by atoms with Crippen LogP contribution in [0.15, 0.2) is 0 Å². The summed E-state index contributed by atoms with van der Waals surface area (Å²) in [5.74, 6) is 0. The van der Waals surface area contributed by atoms with E-state index in [1.54, 1.807) is 28.4 Å². The standard InChI is InChI=1S/C29H60O12/c1-25(30-5)17-34-9-13-38-21-29(22-39-14-10-35-18-26(2)31-6,23-40-15-11-36-19-27(3)32-7)24-41-16-12-37-20-28(4)33-8/h25-28H,9-24H2,1-8H3. The SMILES string of the molecule is COC(C)COCCOCC(COCCOCC(C)OC)(COCCOCC(C)OC)COCCOCC(C)OC. The zero-order valence-electron chi connectivity index (χ0n) is 27.0. The molecule has 0 aliphatic heterocycles. The first-order valence-corrected chi connectivity index (χ1v) is 14.6. The van der Waals surface area contributed by atoms with Crippen molar-refractivity contribution in [3.05, 3.63) is 0 Å². The van der Waals surface area contributed by atoms with Crippen molar-refractivity contribution in [3.8, 4) is 0 Å². The smallest absolute Gasteiger partial charge is 0.0776 e. The third-order valence-electron chi connectivity index (χ3n) is 6.14. The third-order valence-corrected chi connectivity index (χ3v) is 6.14. The summed E-state index contributed by atoms with van der Waals surface area (Å²) in [5.41, 5.74) is -0.556. The molecule has 41 heavy (non-hydrogen) atoms. The van der Waals surface area contributed by atoms with Crippen molar-refractivity contribution in [2.75, 3.05) is 134 Å². The molecule has 0 amide bonds. The van der Waals surface area contributed by atoms with Gasteiger partial charge in [0.2, 0.25) is 0 Å². The summed E-state index contributed by atoms with van der Waals surface area (Å²) in [6.07, 6.45) is 0.117. The van der Waals surface area contributed by atoms with Crippen LogP contribution in [0.1, 0.15) is 27.7 Å². The molecule has 0 radical (unpaired) electrons. The lowest BCUT2D eigenvalue weighted by Gasteiger charge is -2.33. The van der Waals surface area contributed by atoms with Gasteiger partial charge in [-0.2, -0.15) is 0 Å². The van der Waals surface area contributed by atoms with Crippen LogP contribution in [0.3, 0.4) is 0 Å². The first kappa shape index (κ1) is 40.5. The highest BCUT2D eigenvalue weighted by Crippen LogP contribution is 2.21. The van der Waals surface area contributed by atoms with Crippen LogP contribution in [-0.2, 0) is 56.8 Å². The fraction of sp³-hybridized carbons (Fsp3) is 1.00. The zero-order chi connectivity index (χ0) is 30.6. The third kappa shape index (κ3) is 24.6. The molecular formula is C29H60O12. The highest BCUT2D eigenvalue weighted by Gasteiger charge is 2.32. The van der Waals surface area contributed by atoms with Crippen LogP contribution in [0.4, 0.5) is 0 Å². The van der Waals surface area contributed by atoms with E-state index in [-0.39, 0.29) is 24.4 Å². The normalized spacial score (nSPS) is 16.4. The van der Waals surface area contributed by atoms with Crippen LogP contribution in [0.5, 0.6) is 0 Å². The molecule has 0 saturated heterocycles. The fourth-order valence-corrected chi connectivity index (χ4v) is 3.15. The van der Waals surface area contributed by atoms with Gasteiger partial charge in [0, 0.05) is 28.4 Å². The maximum atomic E-state index is 6.04. The molecular weight excluding hydrogens is 540 g/mol. The van der Waals surface area contributed by atoms with Crippen molar-refractivity contribution in [1.29, 1.82) is 0 Å². The molecule has 12 nitrogen and oxygen atoms in total. The molecule has 0 bridgehead atoms. The van der Waals surface area contributed by atoms with Crippen molar-refractivity contribution in [2.24, 2.45) is 5.41 Å². The van der Waals surface area contributed by atoms with Crippen LogP contribution in [-0.4, -0.2) is 159 Å². The minimum absolute atomic E-state index is 0.0292. The van der Waals surface area contributed by atoms with Gasteiger partial charge in [-0.1, -0.05) is 0 Å². The Bertz CT molecular complexity index is 448. The van der Waals surface area contributed by atoms with E-state index in [4.69, 9.17) is 56.8 Å². The van der Waals surface area contributed by atoms with Crippen molar-refractivity contribution in [3.63, 3.8) is 0 Å². The van der Waals surface area contributed by atoms with Gasteiger partial charge >= 0.3 is 0 Å². The highest BCUT2D eigenvalue weighted by atomic mass is 16.6. The number of ether oxygens (including phenoxy) is 12. The minimum atomic E-state index is -0.556. The van der Waals surface area contributed by atoms with E-state index in [0.29, 0.717) is 106 Å². The van der Waals surface area contributed by atoms with Gasteiger partial charge < -0.3 is 56.8 Å². The fourth-order valence-electron chi connectivity index (χ4n) is 3.15. The molecule has 0 aliphatic rings. The largest absolute Gasteiger partial charge is 0.379 e. The van der Waals surface area contributed by atoms with Gasteiger partial charge in [0.05, 0.1) is 136 Å². The quantitative estimate of drug-likeness (QED) is 0.106. The number of methoxy groups -OCH3 is 4. The van der Waals surface area contributed by atoms with Crippen molar-refractivity contribution < 1.29 is 56.8 Å². The van der Waals surface area contributed by atoms with E-state index < -0.39 is 5.41 Å². The van der Waals surface area contributed by atoms with E-state index in [9.17, 15) is 0 Å². The summed E-state index contributed by atoms with van der Waals surface area (Å²) < 4.78 is 67.6. The lowest BCUT2D eigenvalue weighted by molar-refractivity contribution is -0.124. The van der Waals surface area contributed by atoms with E-state index in [1.807, 2.05) is 27.7 Å². The van der Waals surface area contributed by atoms with Gasteiger partial charge in [0.15, 0.2) is 0 Å². The van der Waals surface area contributed by atoms with Gasteiger partial charge in [-0.05, 0) is 27.7 Å². The van der Waals surface area contributed by atoms with Crippen molar-refractivity contribution in [1.82, 2.24) is 0 Å².